The van der Waals surface area contributed by atoms with Gasteiger partial charge in [0.1, 0.15) is 10.6 Å². The highest BCUT2D eigenvalue weighted by Gasteiger charge is 2.64. The van der Waals surface area contributed by atoms with Crippen molar-refractivity contribution in [3.8, 4) is 0 Å². The van der Waals surface area contributed by atoms with Gasteiger partial charge in [-0.25, -0.2) is 0 Å². The Bertz CT molecular complexity index is 1550. The molecule has 1 aliphatic rings. The molecule has 1 aliphatic heterocycles. The molecular formula is C16H16BF12O12PS4. The van der Waals surface area contributed by atoms with E-state index in [-0.39, 0.29) is 0 Å². The first-order chi connectivity index (χ1) is 19.9. The SMILES string of the molecule is CC(C)(C)C1=C(c2ccccc2)[PH2+]1.O=S(=O)(O[B-](OS(=O)(=O)C(F)(F)F)(OS(=O)(=O)C(F)(F)F)OS(=O)(=O)C(F)(F)F)C(F)(F)F. The van der Waals surface area contributed by atoms with E-state index < -0.39 is 69.5 Å². The van der Waals surface area contributed by atoms with Crippen molar-refractivity contribution in [2.75, 3.05) is 0 Å². The van der Waals surface area contributed by atoms with Crippen LogP contribution in [0.4, 0.5) is 52.7 Å². The van der Waals surface area contributed by atoms with Crippen molar-refractivity contribution in [3.05, 3.63) is 41.2 Å². The van der Waals surface area contributed by atoms with E-state index in [1.807, 2.05) is 0 Å². The van der Waals surface area contributed by atoms with Crippen LogP contribution in [0.15, 0.2) is 35.6 Å². The van der Waals surface area contributed by atoms with E-state index in [2.05, 4.69) is 67.5 Å². The predicted octanol–water partition coefficient (Wildman–Crippen LogP) is 4.71. The van der Waals surface area contributed by atoms with Crippen molar-refractivity contribution >= 4 is 61.3 Å². The van der Waals surface area contributed by atoms with Crippen LogP contribution < -0.4 is 0 Å². The number of hydrogen-bond acceptors (Lipinski definition) is 12. The summed E-state index contributed by atoms with van der Waals surface area (Å²) >= 11 is 0. The number of halogens is 12. The van der Waals surface area contributed by atoms with Crippen LogP contribution in [0, 0.1) is 5.41 Å². The van der Waals surface area contributed by atoms with Gasteiger partial charge in [0.25, 0.3) is 0 Å². The first kappa shape index (κ1) is 42.3. The smallest absolute Gasteiger partial charge is 0.398 e. The highest BCUT2D eigenvalue weighted by Crippen LogP contribution is 2.65. The molecule has 268 valence electrons. The normalized spacial score (nSPS) is 16.7. The maximum Gasteiger partial charge on any atom is 0.587 e. The average molecular weight is 798 g/mol. The lowest BCUT2D eigenvalue weighted by Crippen LogP contribution is -2.59. The zero-order valence-corrected chi connectivity index (χ0v) is 26.5. The zero-order valence-electron chi connectivity index (χ0n) is 22.1. The van der Waals surface area contributed by atoms with Gasteiger partial charge in [-0.15, -0.1) is 0 Å². The van der Waals surface area contributed by atoms with E-state index in [9.17, 15) is 86.4 Å². The molecule has 0 bridgehead atoms. The van der Waals surface area contributed by atoms with Gasteiger partial charge in [-0.05, 0) is 0 Å². The van der Waals surface area contributed by atoms with Crippen LogP contribution in [-0.4, -0.2) is 62.7 Å². The Hall–Kier alpha value is -1.75. The minimum Gasteiger partial charge on any atom is -0.398 e. The first-order valence-electron chi connectivity index (χ1n) is 10.8. The molecule has 2 rings (SSSR count). The topological polar surface area (TPSA) is 173 Å². The van der Waals surface area contributed by atoms with Gasteiger partial charge < -0.3 is 16.4 Å². The van der Waals surface area contributed by atoms with Gasteiger partial charge in [-0.3, -0.25) is 0 Å². The summed E-state index contributed by atoms with van der Waals surface area (Å²) in [5.74, 6) is 0. The standard InChI is InChI=1S/C12H15P.C4BF12O12S4/c1-12(2,3)11-10(13-11)9-7-5-4-6-8-9;6-1(7,8)30(18,19)26-5(27-31(20,21)2(9,10)11,28-32(22,23)3(12,13)14)29-33(24,25)4(15,16)17/h4-8,13H,1-3H3;/q;-1/p+1. The molecule has 0 saturated heterocycles. The van der Waals surface area contributed by atoms with Crippen molar-refractivity contribution < 1.29 is 103 Å². The lowest BCUT2D eigenvalue weighted by molar-refractivity contribution is -0.0651. The number of hydrogen-bond donors (Lipinski definition) is 0. The van der Waals surface area contributed by atoms with Crippen molar-refractivity contribution in [2.45, 2.75) is 42.8 Å². The lowest BCUT2D eigenvalue weighted by Gasteiger charge is -2.37. The van der Waals surface area contributed by atoms with Gasteiger partial charge in [0.2, 0.25) is 0 Å². The predicted molar refractivity (Wildman–Crippen MR) is 133 cm³/mol. The van der Waals surface area contributed by atoms with Crippen LogP contribution in [0.1, 0.15) is 26.3 Å². The third kappa shape index (κ3) is 10.6. The molecule has 30 heteroatoms. The minimum absolute atomic E-state index is 0.403. The molecule has 0 fully saturated rings. The maximum absolute atomic E-state index is 12.4. The van der Waals surface area contributed by atoms with Gasteiger partial charge in [0, 0.05) is 11.0 Å². The highest BCUT2D eigenvalue weighted by molar-refractivity contribution is 7.93. The Morgan fingerprint density at radius 3 is 0.978 bits per heavy atom. The van der Waals surface area contributed by atoms with Crippen LogP contribution in [0.5, 0.6) is 0 Å². The van der Waals surface area contributed by atoms with E-state index in [1.165, 1.54) is 5.56 Å². The average Bonchev–Trinajstić information content (AvgIpc) is 3.57. The molecule has 1 heterocycles. The molecular weight excluding hydrogens is 782 g/mol. The Kier molecular flexibility index (Phi) is 11.9. The Morgan fingerprint density at radius 2 is 0.783 bits per heavy atom. The molecule has 1 aromatic carbocycles. The molecule has 12 nitrogen and oxygen atoms in total. The largest absolute Gasteiger partial charge is 0.587 e. The van der Waals surface area contributed by atoms with E-state index in [4.69, 9.17) is 0 Å². The van der Waals surface area contributed by atoms with Crippen molar-refractivity contribution in [3.63, 3.8) is 0 Å². The van der Waals surface area contributed by atoms with Crippen molar-refractivity contribution in [1.29, 1.82) is 0 Å². The Labute approximate surface area is 253 Å². The summed E-state index contributed by atoms with van der Waals surface area (Å²) in [6.45, 7) is -0.953. The van der Waals surface area contributed by atoms with Gasteiger partial charge in [0.05, 0.1) is 8.58 Å². The second kappa shape index (κ2) is 12.9. The molecule has 0 radical (unpaired) electrons. The van der Waals surface area contributed by atoms with Crippen LogP contribution in [0.2, 0.25) is 0 Å². The van der Waals surface area contributed by atoms with Crippen LogP contribution in [-0.2, 0) is 56.9 Å². The fraction of sp³-hybridized carbons (Fsp3) is 0.500. The van der Waals surface area contributed by atoms with Crippen LogP contribution in [0.25, 0.3) is 5.31 Å². The molecule has 0 aromatic heterocycles. The molecule has 0 spiro atoms. The van der Waals surface area contributed by atoms with Gasteiger partial charge in [-0.1, -0.05) is 51.1 Å². The van der Waals surface area contributed by atoms with Crippen LogP contribution >= 0.6 is 8.58 Å². The Morgan fingerprint density at radius 1 is 0.522 bits per heavy atom. The molecule has 1 unspecified atom stereocenters. The first-order valence-corrected chi connectivity index (χ1v) is 17.6. The summed E-state index contributed by atoms with van der Waals surface area (Å²) in [6.07, 6.45) is 0. The second-order valence-corrected chi connectivity index (χ2v) is 16.8. The third-order valence-electron chi connectivity index (χ3n) is 4.50. The van der Waals surface area contributed by atoms with Crippen LogP contribution in [0.3, 0.4) is 0 Å². The number of rotatable bonds is 9. The third-order valence-corrected chi connectivity index (χ3v) is 10.8. The molecule has 0 N–H and O–H groups in total. The highest BCUT2D eigenvalue weighted by atomic mass is 32.2. The van der Waals surface area contributed by atoms with E-state index in [0.29, 0.717) is 14.0 Å². The number of benzene rings is 1. The van der Waals surface area contributed by atoms with Gasteiger partial charge in [-0.2, -0.15) is 86.4 Å². The summed E-state index contributed by atoms with van der Waals surface area (Å²) in [5, 5.41) is 3.35. The fourth-order valence-corrected chi connectivity index (χ4v) is 6.58. The zero-order chi connectivity index (χ0) is 36.8. The molecule has 1 aromatic rings. The van der Waals surface area contributed by atoms with E-state index in [1.54, 1.807) is 10.6 Å². The maximum atomic E-state index is 12.4. The molecule has 0 amide bonds. The summed E-state index contributed by atoms with van der Waals surface area (Å²) < 4.78 is 244. The summed E-state index contributed by atoms with van der Waals surface area (Å²) in [4.78, 5) is 0. The molecule has 46 heavy (non-hydrogen) atoms. The van der Waals surface area contributed by atoms with E-state index in [0.717, 1.165) is 0 Å². The molecule has 0 saturated carbocycles. The second-order valence-electron chi connectivity index (χ2n) is 9.15. The fourth-order valence-electron chi connectivity index (χ4n) is 2.52. The van der Waals surface area contributed by atoms with Crippen molar-refractivity contribution in [2.24, 2.45) is 5.41 Å². The van der Waals surface area contributed by atoms with Gasteiger partial charge in [0.15, 0.2) is 0 Å². The number of alkyl halides is 12. The summed E-state index contributed by atoms with van der Waals surface area (Å²) in [7, 11) is -31.7. The molecule has 0 aliphatic carbocycles. The molecule has 1 atom stereocenters. The van der Waals surface area contributed by atoms with Crippen molar-refractivity contribution in [1.82, 2.24) is 0 Å². The monoisotopic (exact) mass is 798 g/mol. The Balaban J connectivity index is 0.000000664. The quantitative estimate of drug-likeness (QED) is 0.146. The lowest BCUT2D eigenvalue weighted by atomic mass is 9.95. The van der Waals surface area contributed by atoms with E-state index >= 15 is 0 Å². The summed E-state index contributed by atoms with van der Waals surface area (Å²) in [5.41, 5.74) is -26.7. The van der Waals surface area contributed by atoms with Gasteiger partial charge >= 0.3 is 69.5 Å². The number of allylic oxidation sites excluding steroid dienone is 1. The minimum atomic E-state index is -8.05. The summed E-state index contributed by atoms with van der Waals surface area (Å²) in [6, 6.07) is 10.8.